The zero-order valence-electron chi connectivity index (χ0n) is 11.9. The van der Waals surface area contributed by atoms with Crippen molar-refractivity contribution in [3.8, 4) is 0 Å². The number of hydrogen-bond acceptors (Lipinski definition) is 7. The summed E-state index contributed by atoms with van der Waals surface area (Å²) >= 11 is 2.75. The third-order valence-corrected chi connectivity index (χ3v) is 4.21. The largest absolute Gasteiger partial charge is 0.466 e. The lowest BCUT2D eigenvalue weighted by atomic mass is 10.3. The Bertz CT molecular complexity index is 663. The maximum Gasteiger partial charge on any atom is 0.311 e. The molecule has 1 N–H and O–H groups in total. The molecule has 8 heteroatoms. The zero-order valence-corrected chi connectivity index (χ0v) is 13.6. The number of hydrogen-bond donors (Lipinski definition) is 1. The molecule has 0 aromatic carbocycles. The number of aromatic nitrogens is 2. The lowest BCUT2D eigenvalue weighted by Crippen LogP contribution is -2.13. The quantitative estimate of drug-likeness (QED) is 0.855. The van der Waals surface area contributed by atoms with Crippen LogP contribution in [-0.4, -0.2) is 28.5 Å². The number of nitrogens with one attached hydrogen (secondary N) is 1. The summed E-state index contributed by atoms with van der Waals surface area (Å²) in [7, 11) is 0. The first-order valence-corrected chi connectivity index (χ1v) is 8.04. The van der Waals surface area contributed by atoms with Gasteiger partial charge in [0.05, 0.1) is 23.7 Å². The lowest BCUT2D eigenvalue weighted by molar-refractivity contribution is -0.142. The fraction of sp³-hybridized carbons (Fsp3) is 0.385. The normalized spacial score (nSPS) is 10.4. The van der Waals surface area contributed by atoms with Gasteiger partial charge in [-0.3, -0.25) is 14.9 Å². The molecule has 0 spiro atoms. The van der Waals surface area contributed by atoms with Crippen LogP contribution in [0.5, 0.6) is 0 Å². The van der Waals surface area contributed by atoms with Crippen LogP contribution in [0.2, 0.25) is 0 Å². The van der Waals surface area contributed by atoms with Crippen molar-refractivity contribution in [1.82, 2.24) is 9.97 Å². The van der Waals surface area contributed by atoms with E-state index < -0.39 is 0 Å². The standard InChI is InChI=1S/C13H15N3O3S2/c1-4-19-10(17)5-9-6-20-13(15-9)16-12(18)11-7(2)21-8(3)14-11/h6H,4-5H2,1-3H3,(H,15,16,18). The second-order valence-electron chi connectivity index (χ2n) is 4.22. The highest BCUT2D eigenvalue weighted by Gasteiger charge is 2.16. The van der Waals surface area contributed by atoms with Crippen LogP contribution in [-0.2, 0) is 16.0 Å². The highest BCUT2D eigenvalue weighted by Crippen LogP contribution is 2.20. The van der Waals surface area contributed by atoms with Crippen molar-refractivity contribution in [2.24, 2.45) is 0 Å². The van der Waals surface area contributed by atoms with Crippen LogP contribution in [0.4, 0.5) is 5.13 Å². The highest BCUT2D eigenvalue weighted by molar-refractivity contribution is 7.14. The minimum atomic E-state index is -0.327. The molecule has 0 aliphatic rings. The van der Waals surface area contributed by atoms with Crippen molar-refractivity contribution >= 4 is 39.7 Å². The van der Waals surface area contributed by atoms with E-state index in [4.69, 9.17) is 4.74 Å². The van der Waals surface area contributed by atoms with Gasteiger partial charge >= 0.3 is 5.97 Å². The summed E-state index contributed by atoms with van der Waals surface area (Å²) in [5, 5.41) is 5.72. The molecule has 0 aliphatic carbocycles. The number of aryl methyl sites for hydroxylation is 2. The minimum absolute atomic E-state index is 0.106. The summed E-state index contributed by atoms with van der Waals surface area (Å²) in [6.07, 6.45) is 0.106. The molecule has 1 amide bonds. The van der Waals surface area contributed by atoms with E-state index in [-0.39, 0.29) is 18.3 Å². The van der Waals surface area contributed by atoms with E-state index in [0.717, 1.165) is 9.88 Å². The SMILES string of the molecule is CCOC(=O)Cc1csc(NC(=O)c2nc(C)sc2C)n1. The van der Waals surface area contributed by atoms with Crippen molar-refractivity contribution in [1.29, 1.82) is 0 Å². The summed E-state index contributed by atoms with van der Waals surface area (Å²) in [5.74, 6) is -0.611. The fourth-order valence-corrected chi connectivity index (χ4v) is 3.22. The molecule has 0 unspecified atom stereocenters. The molecule has 6 nitrogen and oxygen atoms in total. The Morgan fingerprint density at radius 1 is 1.33 bits per heavy atom. The molecule has 0 bridgehead atoms. The Morgan fingerprint density at radius 2 is 2.10 bits per heavy atom. The molecule has 0 saturated carbocycles. The molecule has 2 aromatic heterocycles. The number of rotatable bonds is 5. The second kappa shape index (κ2) is 6.77. The second-order valence-corrected chi connectivity index (χ2v) is 6.48. The maximum absolute atomic E-state index is 12.1. The van der Waals surface area contributed by atoms with Gasteiger partial charge in [-0.25, -0.2) is 9.97 Å². The van der Waals surface area contributed by atoms with Crippen molar-refractivity contribution in [2.75, 3.05) is 11.9 Å². The highest BCUT2D eigenvalue weighted by atomic mass is 32.1. The molecule has 2 rings (SSSR count). The number of anilines is 1. The number of thiazole rings is 2. The van der Waals surface area contributed by atoms with Crippen LogP contribution < -0.4 is 5.32 Å². The van der Waals surface area contributed by atoms with Gasteiger partial charge in [-0.05, 0) is 20.8 Å². The predicted molar refractivity (Wildman–Crippen MR) is 82.0 cm³/mol. The van der Waals surface area contributed by atoms with Crippen LogP contribution in [0.15, 0.2) is 5.38 Å². The number of nitrogens with zero attached hydrogens (tertiary/aromatic N) is 2. The molecule has 2 aromatic rings. The van der Waals surface area contributed by atoms with Gasteiger partial charge in [-0.2, -0.15) is 0 Å². The Hall–Kier alpha value is -1.80. The first-order valence-electron chi connectivity index (χ1n) is 6.35. The number of carbonyl (C=O) groups is 2. The summed E-state index contributed by atoms with van der Waals surface area (Å²) < 4.78 is 4.85. The number of amides is 1. The average Bonchev–Trinajstić information content (AvgIpc) is 2.96. The van der Waals surface area contributed by atoms with Crippen molar-refractivity contribution < 1.29 is 14.3 Å². The molecule has 2 heterocycles. The summed E-state index contributed by atoms with van der Waals surface area (Å²) in [6.45, 7) is 5.81. The minimum Gasteiger partial charge on any atom is -0.466 e. The third kappa shape index (κ3) is 4.08. The van der Waals surface area contributed by atoms with Gasteiger partial charge in [0.2, 0.25) is 0 Å². The van der Waals surface area contributed by atoms with Crippen LogP contribution in [0.1, 0.15) is 33.0 Å². The van der Waals surface area contributed by atoms with Gasteiger partial charge in [0.25, 0.3) is 5.91 Å². The van der Waals surface area contributed by atoms with Gasteiger partial charge in [0, 0.05) is 10.3 Å². The van der Waals surface area contributed by atoms with Gasteiger partial charge < -0.3 is 4.74 Å². The lowest BCUT2D eigenvalue weighted by Gasteiger charge is -2.00. The van der Waals surface area contributed by atoms with Gasteiger partial charge in [0.15, 0.2) is 5.13 Å². The van der Waals surface area contributed by atoms with Gasteiger partial charge in [-0.1, -0.05) is 0 Å². The first-order chi connectivity index (χ1) is 9.99. The monoisotopic (exact) mass is 325 g/mol. The number of ether oxygens (including phenoxy) is 1. The van der Waals surface area contributed by atoms with Crippen LogP contribution in [0.3, 0.4) is 0 Å². The third-order valence-electron chi connectivity index (χ3n) is 2.52. The summed E-state index contributed by atoms with van der Waals surface area (Å²) in [5.41, 5.74) is 1.000. The molecule has 21 heavy (non-hydrogen) atoms. The molecule has 112 valence electrons. The Labute approximate surface area is 130 Å². The topological polar surface area (TPSA) is 81.2 Å². The van der Waals surface area contributed by atoms with E-state index >= 15 is 0 Å². The van der Waals surface area contributed by atoms with Crippen molar-refractivity contribution in [2.45, 2.75) is 27.2 Å². The Kier molecular flexibility index (Phi) is 5.03. The Balaban J connectivity index is 2.00. The zero-order chi connectivity index (χ0) is 15.4. The molecule has 0 radical (unpaired) electrons. The van der Waals surface area contributed by atoms with Crippen LogP contribution in [0.25, 0.3) is 0 Å². The van der Waals surface area contributed by atoms with E-state index in [1.54, 1.807) is 12.3 Å². The number of carbonyl (C=O) groups excluding carboxylic acids is 2. The van der Waals surface area contributed by atoms with E-state index in [0.29, 0.717) is 23.1 Å². The smallest absolute Gasteiger partial charge is 0.311 e. The van der Waals surface area contributed by atoms with Crippen molar-refractivity contribution in [3.05, 3.63) is 26.7 Å². The van der Waals surface area contributed by atoms with Crippen LogP contribution >= 0.6 is 22.7 Å². The molecule has 0 saturated heterocycles. The average molecular weight is 325 g/mol. The van der Waals surface area contributed by atoms with Crippen molar-refractivity contribution in [3.63, 3.8) is 0 Å². The van der Waals surface area contributed by atoms with Gasteiger partial charge in [0.1, 0.15) is 5.69 Å². The maximum atomic E-state index is 12.1. The van der Waals surface area contributed by atoms with E-state index in [9.17, 15) is 9.59 Å². The molecule has 0 aliphatic heterocycles. The van der Waals surface area contributed by atoms with Gasteiger partial charge in [-0.15, -0.1) is 22.7 Å². The molecular weight excluding hydrogens is 310 g/mol. The Morgan fingerprint density at radius 3 is 2.71 bits per heavy atom. The van der Waals surface area contributed by atoms with E-state index in [2.05, 4.69) is 15.3 Å². The number of esters is 1. The fourth-order valence-electron chi connectivity index (χ4n) is 1.70. The molecule has 0 atom stereocenters. The summed E-state index contributed by atoms with van der Waals surface area (Å²) in [4.78, 5) is 32.7. The van der Waals surface area contributed by atoms with E-state index in [1.165, 1.54) is 22.7 Å². The first kappa shape index (κ1) is 15.6. The molecular formula is C13H15N3O3S2. The predicted octanol–water partition coefficient (Wildman–Crippen LogP) is 2.57. The van der Waals surface area contributed by atoms with E-state index in [1.807, 2.05) is 13.8 Å². The van der Waals surface area contributed by atoms with Crippen LogP contribution in [0, 0.1) is 13.8 Å². The molecule has 0 fully saturated rings. The summed E-state index contributed by atoms with van der Waals surface area (Å²) in [6, 6.07) is 0.